The van der Waals surface area contributed by atoms with Crippen molar-refractivity contribution in [2.24, 2.45) is 5.41 Å². The molecule has 0 amide bonds. The molecule has 0 aromatic rings. The molecule has 0 saturated heterocycles. The van der Waals surface area contributed by atoms with Gasteiger partial charge in [0.1, 0.15) is 0 Å². The van der Waals surface area contributed by atoms with E-state index >= 15 is 0 Å². The van der Waals surface area contributed by atoms with Crippen molar-refractivity contribution in [3.63, 3.8) is 0 Å². The second-order valence-electron chi connectivity index (χ2n) is 7.51. The number of rotatable bonds is 18. The summed E-state index contributed by atoms with van der Waals surface area (Å²) >= 11 is 0. The van der Waals surface area contributed by atoms with Crippen LogP contribution in [0.1, 0.15) is 77.6 Å². The molecule has 9 nitrogen and oxygen atoms in total. The van der Waals surface area contributed by atoms with Crippen molar-refractivity contribution < 1.29 is 44.3 Å². The Morgan fingerprint density at radius 1 is 0.655 bits per heavy atom. The summed E-state index contributed by atoms with van der Waals surface area (Å²) in [5.74, 6) is 0. The average Bonchev–Trinajstić information content (AvgIpc) is 2.68. The molecule has 11 heteroatoms. The van der Waals surface area contributed by atoms with Crippen molar-refractivity contribution in [3.8, 4) is 0 Å². The third kappa shape index (κ3) is 20.2. The number of hydrogen-bond acceptors (Lipinski definition) is 9. The molecule has 0 rings (SSSR count). The molecule has 0 heterocycles. The molecule has 180 valence electrons. The summed E-state index contributed by atoms with van der Waals surface area (Å²) < 4.78 is 4.36. The Morgan fingerprint density at radius 2 is 1.00 bits per heavy atom. The SMILES string of the molecule is CCCCCCCCCCCCC[PH](O)(O)OP(O)O.OCC(CO)(CO)CO. The second kappa shape index (κ2) is 20.4. The smallest absolute Gasteiger partial charge is 0.0627 e. The van der Waals surface area contributed by atoms with E-state index < -0.39 is 48.4 Å². The first-order chi connectivity index (χ1) is 13.7. The number of aliphatic hydroxyl groups is 4. The molecule has 0 saturated carbocycles. The van der Waals surface area contributed by atoms with Gasteiger partial charge in [0.25, 0.3) is 0 Å². The van der Waals surface area contributed by atoms with E-state index in [2.05, 4.69) is 11.2 Å². The zero-order chi connectivity index (χ0) is 22.6. The molecule has 0 aromatic carbocycles. The van der Waals surface area contributed by atoms with Gasteiger partial charge in [0.15, 0.2) is 0 Å². The minimum atomic E-state index is -3.83. The van der Waals surface area contributed by atoms with E-state index in [1.165, 1.54) is 51.4 Å². The van der Waals surface area contributed by atoms with Gasteiger partial charge in [-0.1, -0.05) is 6.92 Å². The topological polar surface area (TPSA) is 171 Å². The summed E-state index contributed by atoms with van der Waals surface area (Å²) in [6.07, 6.45) is 13.2. The van der Waals surface area contributed by atoms with Gasteiger partial charge in [0.2, 0.25) is 0 Å². The van der Waals surface area contributed by atoms with Crippen LogP contribution >= 0.6 is 16.5 Å². The summed E-state index contributed by atoms with van der Waals surface area (Å²) in [4.78, 5) is 35.9. The first-order valence-electron chi connectivity index (χ1n) is 10.5. The van der Waals surface area contributed by atoms with Crippen LogP contribution in [0.3, 0.4) is 0 Å². The average molecular weight is 466 g/mol. The van der Waals surface area contributed by atoms with Crippen molar-refractivity contribution >= 4 is 16.5 Å². The van der Waals surface area contributed by atoms with Crippen molar-refractivity contribution in [2.75, 3.05) is 32.6 Å². The number of aliphatic hydroxyl groups excluding tert-OH is 4. The third-order valence-corrected chi connectivity index (χ3v) is 7.50. The molecule has 0 unspecified atom stereocenters. The molecular weight excluding hydrogens is 422 g/mol. The van der Waals surface area contributed by atoms with Crippen LogP contribution in [-0.2, 0) is 4.31 Å². The predicted molar refractivity (Wildman–Crippen MR) is 117 cm³/mol. The molecule has 0 radical (unpaired) electrons. The first kappa shape index (κ1) is 31.7. The largest absolute Gasteiger partial charge is 0.396 e. The Kier molecular flexibility index (Phi) is 22.3. The minimum absolute atomic E-state index is 0.143. The van der Waals surface area contributed by atoms with Crippen LogP contribution in [0.2, 0.25) is 0 Å². The van der Waals surface area contributed by atoms with Crippen molar-refractivity contribution in [2.45, 2.75) is 77.6 Å². The van der Waals surface area contributed by atoms with Crippen LogP contribution < -0.4 is 0 Å². The Morgan fingerprint density at radius 3 is 1.28 bits per heavy atom. The van der Waals surface area contributed by atoms with Gasteiger partial charge in [-0.15, -0.1) is 0 Å². The molecule has 0 spiro atoms. The van der Waals surface area contributed by atoms with Crippen LogP contribution in [0, 0.1) is 5.41 Å². The van der Waals surface area contributed by atoms with E-state index in [0.29, 0.717) is 6.42 Å². The van der Waals surface area contributed by atoms with Gasteiger partial charge in [-0.25, -0.2) is 0 Å². The number of hydrogen-bond donors (Lipinski definition) is 8. The monoisotopic (exact) mass is 466 g/mol. The molecule has 8 N–H and O–H groups in total. The summed E-state index contributed by atoms with van der Waals surface area (Å²) in [6, 6.07) is 0. The van der Waals surface area contributed by atoms with E-state index in [4.69, 9.17) is 30.2 Å². The van der Waals surface area contributed by atoms with Gasteiger partial charge in [0, 0.05) is 0 Å². The number of unbranched alkanes of at least 4 members (excludes halogenated alkanes) is 10. The van der Waals surface area contributed by atoms with Gasteiger partial charge in [-0.3, -0.25) is 0 Å². The van der Waals surface area contributed by atoms with E-state index in [1.807, 2.05) is 0 Å². The van der Waals surface area contributed by atoms with Crippen molar-refractivity contribution in [3.05, 3.63) is 0 Å². The molecule has 29 heavy (non-hydrogen) atoms. The third-order valence-electron chi connectivity index (χ3n) is 4.68. The Bertz CT molecular complexity index is 326. The fourth-order valence-electron chi connectivity index (χ4n) is 2.50. The van der Waals surface area contributed by atoms with E-state index in [9.17, 15) is 9.79 Å². The molecule has 0 fully saturated rings. The summed E-state index contributed by atoms with van der Waals surface area (Å²) in [5.41, 5.74) is -1.11. The van der Waals surface area contributed by atoms with E-state index in [1.54, 1.807) is 0 Å². The maximum atomic E-state index is 9.40. The second-order valence-corrected chi connectivity index (χ2v) is 10.7. The fraction of sp³-hybridized carbons (Fsp3) is 1.00. The zero-order valence-corrected chi connectivity index (χ0v) is 19.6. The zero-order valence-electron chi connectivity index (χ0n) is 17.7. The molecule has 0 bridgehead atoms. The predicted octanol–water partition coefficient (Wildman–Crippen LogP) is 1.95. The quantitative estimate of drug-likeness (QED) is 0.111. The van der Waals surface area contributed by atoms with E-state index in [-0.39, 0.29) is 6.16 Å². The normalized spacial score (nSPS) is 12.8. The molecule has 0 aliphatic heterocycles. The first-order valence-corrected chi connectivity index (χ1v) is 13.6. The summed E-state index contributed by atoms with van der Waals surface area (Å²) in [7, 11) is -6.50. The summed E-state index contributed by atoms with van der Waals surface area (Å²) in [5, 5.41) is 34.0. The van der Waals surface area contributed by atoms with Gasteiger partial charge in [-0.2, -0.15) is 0 Å². The van der Waals surface area contributed by atoms with Gasteiger partial charge in [0.05, 0.1) is 31.8 Å². The van der Waals surface area contributed by atoms with Crippen LogP contribution in [-0.4, -0.2) is 72.6 Å². The van der Waals surface area contributed by atoms with Crippen LogP contribution in [0.25, 0.3) is 0 Å². The van der Waals surface area contributed by atoms with Gasteiger partial charge >= 0.3 is 117 Å². The Labute approximate surface area is 177 Å². The molecular formula is C18H44O9P2. The maximum absolute atomic E-state index is 9.40. The van der Waals surface area contributed by atoms with Crippen molar-refractivity contribution in [1.82, 2.24) is 0 Å². The van der Waals surface area contributed by atoms with Crippen LogP contribution in [0.4, 0.5) is 0 Å². The molecule has 0 aromatic heterocycles. The van der Waals surface area contributed by atoms with Crippen LogP contribution in [0.5, 0.6) is 0 Å². The maximum Gasteiger partial charge on any atom is 0.0627 e. The minimum Gasteiger partial charge on any atom is -0.396 e. The summed E-state index contributed by atoms with van der Waals surface area (Å²) in [6.45, 7) is 0.601. The Hall–Kier alpha value is 0.500. The van der Waals surface area contributed by atoms with Gasteiger partial charge < -0.3 is 20.4 Å². The standard InChI is InChI=1S/C13H32O5P2.C5H12O4/c1-2-3-4-5-6-7-8-9-10-11-12-13-20(16,17)18-19(14)15;6-1-5(2-7,3-8)4-9/h14-17,20H,2-13H2,1H3;6-9H,1-4H2. The molecule has 0 aliphatic carbocycles. The molecule has 0 atom stereocenters. The Balaban J connectivity index is 0. The fourth-order valence-corrected chi connectivity index (χ4v) is 4.62. The van der Waals surface area contributed by atoms with Gasteiger partial charge in [-0.05, 0) is 0 Å². The molecule has 0 aliphatic rings. The van der Waals surface area contributed by atoms with Crippen molar-refractivity contribution in [1.29, 1.82) is 0 Å². The van der Waals surface area contributed by atoms with Crippen LogP contribution in [0.15, 0.2) is 0 Å². The van der Waals surface area contributed by atoms with E-state index in [0.717, 1.165) is 12.8 Å².